The number of aromatic carboxylic acids is 1. The summed E-state index contributed by atoms with van der Waals surface area (Å²) in [6.07, 6.45) is 1.85. The number of imidazole rings is 1. The Morgan fingerprint density at radius 3 is 2.33 bits per heavy atom. The van der Waals surface area contributed by atoms with Gasteiger partial charge in [-0.1, -0.05) is 60.7 Å². The summed E-state index contributed by atoms with van der Waals surface area (Å²) < 4.78 is 1.84. The molecule has 3 aromatic rings. The van der Waals surface area contributed by atoms with E-state index in [1.54, 1.807) is 11.1 Å². The molecule has 1 aliphatic heterocycles. The molecule has 0 bridgehead atoms. The lowest BCUT2D eigenvalue weighted by Crippen LogP contribution is -2.43. The first-order chi connectivity index (χ1) is 13.1. The van der Waals surface area contributed by atoms with Crippen LogP contribution in [0.2, 0.25) is 0 Å². The van der Waals surface area contributed by atoms with Gasteiger partial charge in [0.15, 0.2) is 5.69 Å². The Morgan fingerprint density at radius 1 is 1.00 bits per heavy atom. The molecule has 1 N–H and O–H groups in total. The Bertz CT molecular complexity index is 967. The van der Waals surface area contributed by atoms with E-state index < -0.39 is 12.0 Å². The third kappa shape index (κ3) is 3.33. The van der Waals surface area contributed by atoms with E-state index in [2.05, 4.69) is 4.98 Å². The molecule has 1 atom stereocenters. The summed E-state index contributed by atoms with van der Waals surface area (Å²) in [4.78, 5) is 30.6. The van der Waals surface area contributed by atoms with Crippen molar-refractivity contribution in [2.45, 2.75) is 19.0 Å². The number of benzene rings is 2. The number of nitrogens with zero attached hydrogens (tertiary/aromatic N) is 3. The first kappa shape index (κ1) is 17.0. The minimum absolute atomic E-state index is 0.00109. The number of rotatable bonds is 4. The average molecular weight is 361 g/mol. The molecular formula is C21H19N3O3. The number of hydrogen-bond donors (Lipinski definition) is 1. The van der Waals surface area contributed by atoms with Gasteiger partial charge in [0.05, 0.1) is 6.42 Å². The van der Waals surface area contributed by atoms with E-state index in [0.717, 1.165) is 11.1 Å². The van der Waals surface area contributed by atoms with Crippen LogP contribution >= 0.6 is 0 Å². The molecule has 0 saturated heterocycles. The van der Waals surface area contributed by atoms with Gasteiger partial charge in [-0.05, 0) is 11.1 Å². The highest BCUT2D eigenvalue weighted by molar-refractivity contribution is 5.85. The summed E-state index contributed by atoms with van der Waals surface area (Å²) >= 11 is 0. The van der Waals surface area contributed by atoms with Crippen LogP contribution in [0.15, 0.2) is 66.9 Å². The van der Waals surface area contributed by atoms with Crippen molar-refractivity contribution in [2.24, 2.45) is 0 Å². The van der Waals surface area contributed by atoms with Crippen molar-refractivity contribution < 1.29 is 14.7 Å². The molecule has 0 saturated carbocycles. The second-order valence-corrected chi connectivity index (χ2v) is 6.55. The Hall–Kier alpha value is -3.41. The predicted molar refractivity (Wildman–Crippen MR) is 99.3 cm³/mol. The SMILES string of the molecule is O=C(O)c1cn2c(n1)C(c1ccccc1)N(C(=O)Cc1ccccc1)CC2. The van der Waals surface area contributed by atoms with Gasteiger partial charge in [0.25, 0.3) is 0 Å². The topological polar surface area (TPSA) is 75.4 Å². The average Bonchev–Trinajstić information content (AvgIpc) is 3.13. The molecule has 2 heterocycles. The van der Waals surface area contributed by atoms with Crippen LogP contribution < -0.4 is 0 Å². The molecule has 6 nitrogen and oxygen atoms in total. The van der Waals surface area contributed by atoms with Gasteiger partial charge in [-0.15, -0.1) is 0 Å². The van der Waals surface area contributed by atoms with Crippen LogP contribution in [0, 0.1) is 0 Å². The van der Waals surface area contributed by atoms with Crippen molar-refractivity contribution in [2.75, 3.05) is 6.54 Å². The van der Waals surface area contributed by atoms with Gasteiger partial charge >= 0.3 is 5.97 Å². The van der Waals surface area contributed by atoms with Crippen molar-refractivity contribution in [3.05, 3.63) is 89.5 Å². The summed E-state index contributed by atoms with van der Waals surface area (Å²) in [7, 11) is 0. The monoisotopic (exact) mass is 361 g/mol. The minimum atomic E-state index is -1.06. The lowest BCUT2D eigenvalue weighted by Gasteiger charge is -2.36. The lowest BCUT2D eigenvalue weighted by atomic mass is 10.0. The first-order valence-electron chi connectivity index (χ1n) is 8.82. The molecule has 0 spiro atoms. The largest absolute Gasteiger partial charge is 0.476 e. The number of amides is 1. The van der Waals surface area contributed by atoms with Crippen LogP contribution in [0.3, 0.4) is 0 Å². The van der Waals surface area contributed by atoms with Gasteiger partial charge in [0.2, 0.25) is 5.91 Å². The number of carboxylic acids is 1. The molecule has 1 amide bonds. The predicted octanol–water partition coefficient (Wildman–Crippen LogP) is 2.76. The standard InChI is InChI=1S/C21H19N3O3/c25-18(13-15-7-3-1-4-8-15)24-12-11-23-14-17(21(26)27)22-20(23)19(24)16-9-5-2-6-10-16/h1-10,14,19H,11-13H2,(H,26,27). The maximum atomic E-state index is 13.1. The van der Waals surface area contributed by atoms with Gasteiger partial charge in [-0.25, -0.2) is 9.78 Å². The molecule has 1 aromatic heterocycles. The van der Waals surface area contributed by atoms with E-state index in [0.29, 0.717) is 25.3 Å². The third-order valence-corrected chi connectivity index (χ3v) is 4.80. The van der Waals surface area contributed by atoms with Crippen LogP contribution in [0.5, 0.6) is 0 Å². The Kier molecular flexibility index (Phi) is 4.46. The molecule has 27 heavy (non-hydrogen) atoms. The van der Waals surface area contributed by atoms with Crippen molar-refractivity contribution in [1.29, 1.82) is 0 Å². The van der Waals surface area contributed by atoms with Gasteiger partial charge < -0.3 is 14.6 Å². The molecule has 0 radical (unpaired) electrons. The number of carbonyl (C=O) groups excluding carboxylic acids is 1. The highest BCUT2D eigenvalue weighted by Gasteiger charge is 2.34. The summed E-state index contributed by atoms with van der Waals surface area (Å²) in [5, 5.41) is 9.30. The summed E-state index contributed by atoms with van der Waals surface area (Å²) in [6, 6.07) is 18.8. The van der Waals surface area contributed by atoms with Crippen molar-refractivity contribution in [3.63, 3.8) is 0 Å². The zero-order valence-corrected chi connectivity index (χ0v) is 14.7. The van der Waals surface area contributed by atoms with Gasteiger partial charge in [-0.2, -0.15) is 0 Å². The van der Waals surface area contributed by atoms with Crippen LogP contribution in [0.4, 0.5) is 0 Å². The Balaban J connectivity index is 1.72. The number of hydrogen-bond acceptors (Lipinski definition) is 3. The molecule has 6 heteroatoms. The van der Waals surface area contributed by atoms with E-state index in [1.807, 2.05) is 65.2 Å². The molecule has 2 aromatic carbocycles. The molecule has 1 unspecified atom stereocenters. The van der Waals surface area contributed by atoms with Crippen LogP contribution in [0.1, 0.15) is 33.5 Å². The van der Waals surface area contributed by atoms with E-state index in [-0.39, 0.29) is 11.6 Å². The molecule has 4 rings (SSSR count). The maximum absolute atomic E-state index is 13.1. The number of aromatic nitrogens is 2. The van der Waals surface area contributed by atoms with Gasteiger partial charge in [-0.3, -0.25) is 4.79 Å². The number of carboxylic acid groups (broad SMARTS) is 1. The first-order valence-corrected chi connectivity index (χ1v) is 8.82. The molecule has 0 fully saturated rings. The van der Waals surface area contributed by atoms with E-state index in [9.17, 15) is 14.7 Å². The maximum Gasteiger partial charge on any atom is 0.356 e. The van der Waals surface area contributed by atoms with Crippen LogP contribution in [-0.2, 0) is 17.8 Å². The zero-order chi connectivity index (χ0) is 18.8. The Morgan fingerprint density at radius 2 is 1.67 bits per heavy atom. The molecule has 1 aliphatic rings. The van der Waals surface area contributed by atoms with Crippen molar-refractivity contribution >= 4 is 11.9 Å². The summed E-state index contributed by atoms with van der Waals surface area (Å²) in [5.41, 5.74) is 1.88. The fourth-order valence-electron chi connectivity index (χ4n) is 3.52. The quantitative estimate of drug-likeness (QED) is 0.775. The minimum Gasteiger partial charge on any atom is -0.476 e. The van der Waals surface area contributed by atoms with Crippen LogP contribution in [-0.4, -0.2) is 38.0 Å². The second-order valence-electron chi connectivity index (χ2n) is 6.55. The van der Waals surface area contributed by atoms with Crippen molar-refractivity contribution in [1.82, 2.24) is 14.5 Å². The van der Waals surface area contributed by atoms with Crippen molar-refractivity contribution in [3.8, 4) is 0 Å². The molecular weight excluding hydrogens is 342 g/mol. The van der Waals surface area contributed by atoms with E-state index >= 15 is 0 Å². The number of fused-ring (bicyclic) bond motifs is 1. The fraction of sp³-hybridized carbons (Fsp3) is 0.190. The van der Waals surface area contributed by atoms with E-state index in [1.165, 1.54) is 0 Å². The second kappa shape index (κ2) is 7.07. The zero-order valence-electron chi connectivity index (χ0n) is 14.7. The molecule has 136 valence electrons. The highest BCUT2D eigenvalue weighted by Crippen LogP contribution is 2.32. The van der Waals surface area contributed by atoms with E-state index in [4.69, 9.17) is 0 Å². The summed E-state index contributed by atoms with van der Waals surface area (Å²) in [6.45, 7) is 1.03. The normalized spacial score (nSPS) is 16.0. The Labute approximate surface area is 156 Å². The summed E-state index contributed by atoms with van der Waals surface area (Å²) in [5.74, 6) is -0.474. The van der Waals surface area contributed by atoms with Crippen LogP contribution in [0.25, 0.3) is 0 Å². The smallest absolute Gasteiger partial charge is 0.356 e. The third-order valence-electron chi connectivity index (χ3n) is 4.80. The van der Waals surface area contributed by atoms with Gasteiger partial charge in [0.1, 0.15) is 11.9 Å². The fourth-order valence-corrected chi connectivity index (χ4v) is 3.52. The number of carbonyl (C=O) groups is 2. The molecule has 0 aliphatic carbocycles. The highest BCUT2D eigenvalue weighted by atomic mass is 16.4. The lowest BCUT2D eigenvalue weighted by molar-refractivity contribution is -0.133. The van der Waals surface area contributed by atoms with Gasteiger partial charge in [0, 0.05) is 19.3 Å².